The van der Waals surface area contributed by atoms with Gasteiger partial charge >= 0.3 is 5.92 Å². The lowest BCUT2D eigenvalue weighted by molar-refractivity contribution is -0.120. The number of hydrogen-bond acceptors (Lipinski definition) is 6. The van der Waals surface area contributed by atoms with Crippen LogP contribution in [0.2, 0.25) is 0 Å². The maximum atomic E-state index is 16.6. The number of benzene rings is 2. The van der Waals surface area contributed by atoms with Crippen molar-refractivity contribution in [3.8, 4) is 0 Å². The second kappa shape index (κ2) is 13.2. The van der Waals surface area contributed by atoms with E-state index in [1.807, 2.05) is 12.1 Å². The van der Waals surface area contributed by atoms with Crippen molar-refractivity contribution in [3.63, 3.8) is 0 Å². The van der Waals surface area contributed by atoms with Gasteiger partial charge < -0.3 is 25.2 Å². The average Bonchev–Trinajstić information content (AvgIpc) is 3.10. The summed E-state index contributed by atoms with van der Waals surface area (Å²) in [5.74, 6) is -5.46. The molecular formula is C33H36F2N4O4. The highest BCUT2D eigenvalue weighted by Crippen LogP contribution is 2.49. The number of ether oxygens (including phenoxy) is 1. The highest BCUT2D eigenvalue weighted by Gasteiger charge is 2.55. The zero-order valence-corrected chi connectivity index (χ0v) is 24.8. The standard InChI is InChI=1S/C33H36F2N4O4/c1-21(2)43-30-25(20-40)33(34,35)28(32(42)36-18-19-38(4)5)29(27(30)31(41)37-24-15-7-6-8-16-24)39-22(3)12-11-14-23-13-9-10-17-26(23)39/h6-10,13,15-17,21H,3,11-12,14,18-19H2,1-2,4-5H3,(H,36,42)(H,37,41). The molecule has 0 radical (unpaired) electrons. The van der Waals surface area contributed by atoms with Crippen LogP contribution in [0.15, 0.2) is 95.0 Å². The second-order valence-corrected chi connectivity index (χ2v) is 10.9. The molecule has 0 unspecified atom stereocenters. The Morgan fingerprint density at radius 1 is 1.07 bits per heavy atom. The number of alkyl halides is 2. The number of carbonyl (C=O) groups excluding carboxylic acids is 3. The smallest absolute Gasteiger partial charge is 0.319 e. The Morgan fingerprint density at radius 2 is 1.74 bits per heavy atom. The lowest BCUT2D eigenvalue weighted by Crippen LogP contribution is -2.46. The Labute approximate surface area is 250 Å². The lowest BCUT2D eigenvalue weighted by Gasteiger charge is -2.38. The molecule has 1 aliphatic heterocycles. The summed E-state index contributed by atoms with van der Waals surface area (Å²) in [6.45, 7) is 7.78. The van der Waals surface area contributed by atoms with Crippen LogP contribution >= 0.6 is 0 Å². The van der Waals surface area contributed by atoms with E-state index in [9.17, 15) is 14.4 Å². The number of aryl methyl sites for hydroxylation is 1. The molecule has 226 valence electrons. The Morgan fingerprint density at radius 3 is 2.40 bits per heavy atom. The molecule has 2 aromatic carbocycles. The third-order valence-corrected chi connectivity index (χ3v) is 7.03. The summed E-state index contributed by atoms with van der Waals surface area (Å²) in [5, 5.41) is 5.29. The molecule has 1 heterocycles. The van der Waals surface area contributed by atoms with E-state index >= 15 is 8.78 Å². The lowest BCUT2D eigenvalue weighted by atomic mass is 9.84. The summed E-state index contributed by atoms with van der Waals surface area (Å²) in [6.07, 6.45) is 1.00. The number of nitrogens with one attached hydrogen (secondary N) is 2. The van der Waals surface area contributed by atoms with Gasteiger partial charge in [-0.1, -0.05) is 43.0 Å². The molecule has 0 saturated carbocycles. The summed E-state index contributed by atoms with van der Waals surface area (Å²) in [6, 6.07) is 15.6. The molecule has 2 N–H and O–H groups in total. The van der Waals surface area contributed by atoms with Crippen molar-refractivity contribution in [2.24, 2.45) is 0 Å². The fourth-order valence-electron chi connectivity index (χ4n) is 5.10. The number of carbonyl (C=O) groups is 2. The Hall–Kier alpha value is -4.53. The van der Waals surface area contributed by atoms with Gasteiger partial charge in [-0.3, -0.25) is 9.59 Å². The van der Waals surface area contributed by atoms with Crippen molar-refractivity contribution in [2.75, 3.05) is 37.4 Å². The molecule has 4 rings (SSSR count). The molecule has 0 atom stereocenters. The van der Waals surface area contributed by atoms with E-state index in [1.165, 1.54) is 10.8 Å². The average molecular weight is 591 g/mol. The molecule has 1 aliphatic carbocycles. The molecular weight excluding hydrogens is 554 g/mol. The van der Waals surface area contributed by atoms with Crippen molar-refractivity contribution in [1.82, 2.24) is 10.2 Å². The number of rotatable bonds is 9. The van der Waals surface area contributed by atoms with Crippen molar-refractivity contribution in [1.29, 1.82) is 0 Å². The molecule has 2 amide bonds. The fraction of sp³-hybridized carbons (Fsp3) is 0.333. The van der Waals surface area contributed by atoms with Crippen LogP contribution < -0.4 is 15.5 Å². The zero-order chi connectivity index (χ0) is 31.3. The van der Waals surface area contributed by atoms with Crippen LogP contribution in [0.4, 0.5) is 20.2 Å². The first-order valence-corrected chi connectivity index (χ1v) is 14.1. The first-order valence-electron chi connectivity index (χ1n) is 14.1. The number of para-hydroxylation sites is 2. The van der Waals surface area contributed by atoms with E-state index in [1.54, 1.807) is 75.3 Å². The molecule has 0 bridgehead atoms. The molecule has 43 heavy (non-hydrogen) atoms. The van der Waals surface area contributed by atoms with Gasteiger partial charge in [-0.25, -0.2) is 4.79 Å². The predicted molar refractivity (Wildman–Crippen MR) is 162 cm³/mol. The largest absolute Gasteiger partial charge is 0.489 e. The quantitative estimate of drug-likeness (QED) is 0.400. The van der Waals surface area contributed by atoms with Gasteiger partial charge in [0, 0.05) is 30.2 Å². The van der Waals surface area contributed by atoms with E-state index in [4.69, 9.17) is 4.74 Å². The molecule has 2 aromatic rings. The third kappa shape index (κ3) is 6.61. The molecule has 0 spiro atoms. The van der Waals surface area contributed by atoms with Gasteiger partial charge in [0.25, 0.3) is 11.8 Å². The SMILES string of the molecule is C=C1CCCc2ccccc2N1C1=C(C(=O)NCCN(C)C)C(F)(F)C(=C=O)C(OC(C)C)=C1C(=O)Nc1ccccc1. The van der Waals surface area contributed by atoms with Gasteiger partial charge in [0.15, 0.2) is 11.3 Å². The van der Waals surface area contributed by atoms with E-state index in [0.717, 1.165) is 5.56 Å². The number of likely N-dealkylation sites (N-methyl/N-ethyl adjacent to an activating group) is 1. The van der Waals surface area contributed by atoms with Gasteiger partial charge in [-0.05, 0) is 71.0 Å². The number of hydrogen-bond donors (Lipinski definition) is 2. The highest BCUT2D eigenvalue weighted by atomic mass is 19.3. The normalized spacial score (nSPS) is 16.6. The summed E-state index contributed by atoms with van der Waals surface area (Å²) in [7, 11) is 3.56. The maximum absolute atomic E-state index is 16.6. The topological polar surface area (TPSA) is 91.0 Å². The summed E-state index contributed by atoms with van der Waals surface area (Å²) < 4.78 is 39.1. The van der Waals surface area contributed by atoms with Crippen molar-refractivity contribution in [3.05, 3.63) is 101 Å². The first-order chi connectivity index (χ1) is 20.5. The summed E-state index contributed by atoms with van der Waals surface area (Å²) >= 11 is 0. The molecule has 0 aromatic heterocycles. The van der Waals surface area contributed by atoms with Crippen LogP contribution in [0.25, 0.3) is 0 Å². The van der Waals surface area contributed by atoms with Crippen LogP contribution in [-0.2, 0) is 25.5 Å². The minimum absolute atomic E-state index is 0.0426. The number of anilines is 2. The van der Waals surface area contributed by atoms with Crippen molar-refractivity contribution in [2.45, 2.75) is 45.1 Å². The molecule has 10 heteroatoms. The number of fused-ring (bicyclic) bond motifs is 1. The Balaban J connectivity index is 2.09. The van der Waals surface area contributed by atoms with Crippen LogP contribution in [0, 0.1) is 0 Å². The minimum atomic E-state index is -4.17. The number of allylic oxidation sites excluding steroid dienone is 2. The van der Waals surface area contributed by atoms with Crippen molar-refractivity contribution < 1.29 is 27.9 Å². The summed E-state index contributed by atoms with van der Waals surface area (Å²) in [4.78, 5) is 43.5. The first kappa shape index (κ1) is 31.4. The van der Waals surface area contributed by atoms with Gasteiger partial charge in [-0.2, -0.15) is 8.78 Å². The Kier molecular flexibility index (Phi) is 9.63. The molecule has 0 saturated heterocycles. The van der Waals surface area contributed by atoms with E-state index in [2.05, 4.69) is 17.2 Å². The Bertz CT molecular complexity index is 1520. The molecule has 0 fully saturated rings. The predicted octanol–water partition coefficient (Wildman–Crippen LogP) is 5.00. The maximum Gasteiger partial charge on any atom is 0.319 e. The third-order valence-electron chi connectivity index (χ3n) is 7.03. The highest BCUT2D eigenvalue weighted by molar-refractivity contribution is 6.13. The van der Waals surface area contributed by atoms with Gasteiger partial charge in [0.1, 0.15) is 17.1 Å². The van der Waals surface area contributed by atoms with Crippen LogP contribution in [0.5, 0.6) is 0 Å². The van der Waals surface area contributed by atoms with E-state index < -0.39 is 52.0 Å². The number of nitrogens with zero attached hydrogens (tertiary/aromatic N) is 2. The van der Waals surface area contributed by atoms with E-state index in [-0.39, 0.29) is 6.54 Å². The van der Waals surface area contributed by atoms with Gasteiger partial charge in [0.05, 0.1) is 11.8 Å². The van der Waals surface area contributed by atoms with Gasteiger partial charge in [0.2, 0.25) is 0 Å². The van der Waals surface area contributed by atoms with Crippen LogP contribution in [0.3, 0.4) is 0 Å². The number of amides is 2. The molecule has 2 aliphatic rings. The van der Waals surface area contributed by atoms with Crippen LogP contribution in [0.1, 0.15) is 32.3 Å². The van der Waals surface area contributed by atoms with E-state index in [0.29, 0.717) is 42.9 Å². The van der Waals surface area contributed by atoms with Crippen LogP contribution in [-0.4, -0.2) is 61.9 Å². The molecule has 8 nitrogen and oxygen atoms in total. The fourth-order valence-corrected chi connectivity index (χ4v) is 5.10. The summed E-state index contributed by atoms with van der Waals surface area (Å²) in [5.41, 5.74) is -0.957. The number of halogens is 2. The zero-order valence-electron chi connectivity index (χ0n) is 24.8. The minimum Gasteiger partial charge on any atom is -0.489 e. The second-order valence-electron chi connectivity index (χ2n) is 10.9. The van der Waals surface area contributed by atoms with Gasteiger partial charge in [-0.15, -0.1) is 0 Å². The van der Waals surface area contributed by atoms with Crippen molar-refractivity contribution >= 4 is 29.1 Å². The monoisotopic (exact) mass is 590 g/mol.